The molecule has 0 spiro atoms. The van der Waals surface area contributed by atoms with Crippen LogP contribution >= 0.6 is 0 Å². The summed E-state index contributed by atoms with van der Waals surface area (Å²) in [4.78, 5) is 25.7. The first-order valence-electron chi connectivity index (χ1n) is 7.40. The molecular formula is C17H17N3O3. The summed E-state index contributed by atoms with van der Waals surface area (Å²) in [7, 11) is 0. The number of nitrogens with zero attached hydrogens (tertiary/aromatic N) is 2. The van der Waals surface area contributed by atoms with Crippen molar-refractivity contribution in [3.05, 3.63) is 60.1 Å². The van der Waals surface area contributed by atoms with Gasteiger partial charge in [0.05, 0.1) is 24.9 Å². The van der Waals surface area contributed by atoms with Crippen LogP contribution in [-0.4, -0.2) is 29.5 Å². The normalized spacial score (nSPS) is 17.8. The first-order valence-corrected chi connectivity index (χ1v) is 7.40. The van der Waals surface area contributed by atoms with Gasteiger partial charge in [-0.2, -0.15) is 5.10 Å². The van der Waals surface area contributed by atoms with Crippen LogP contribution in [0.15, 0.2) is 58.2 Å². The predicted molar refractivity (Wildman–Crippen MR) is 84.4 cm³/mol. The second-order valence-electron chi connectivity index (χ2n) is 5.40. The van der Waals surface area contributed by atoms with Crippen molar-refractivity contribution < 1.29 is 14.0 Å². The fourth-order valence-corrected chi connectivity index (χ4v) is 2.49. The molecule has 0 bridgehead atoms. The minimum absolute atomic E-state index is 0.0476. The number of furan rings is 1. The Morgan fingerprint density at radius 2 is 2.13 bits per heavy atom. The Morgan fingerprint density at radius 1 is 1.30 bits per heavy atom. The highest BCUT2D eigenvalue weighted by atomic mass is 16.3. The maximum absolute atomic E-state index is 12.1. The summed E-state index contributed by atoms with van der Waals surface area (Å²) >= 11 is 0. The van der Waals surface area contributed by atoms with E-state index in [0.29, 0.717) is 18.8 Å². The van der Waals surface area contributed by atoms with Gasteiger partial charge in [-0.15, -0.1) is 0 Å². The Labute approximate surface area is 133 Å². The van der Waals surface area contributed by atoms with E-state index in [9.17, 15) is 9.59 Å². The average Bonchev–Trinajstić information content (AvgIpc) is 3.19. The largest absolute Gasteiger partial charge is 0.467 e. The highest BCUT2D eigenvalue weighted by molar-refractivity contribution is 5.90. The molecule has 1 unspecified atom stereocenters. The standard InChI is InChI=1S/C17H17N3O3/c21-16-9-14(11-20(16)12-15-7-4-8-23-15)17(22)19-18-10-13-5-2-1-3-6-13/h1-8,10,14H,9,11-12H2,(H,19,22)/b18-10+. The number of likely N-dealkylation sites (tertiary alicyclic amines) is 1. The summed E-state index contributed by atoms with van der Waals surface area (Å²) in [6, 6.07) is 13.1. The summed E-state index contributed by atoms with van der Waals surface area (Å²) in [5.41, 5.74) is 3.40. The lowest BCUT2D eigenvalue weighted by molar-refractivity contribution is -0.129. The third-order valence-electron chi connectivity index (χ3n) is 3.70. The van der Waals surface area contributed by atoms with Gasteiger partial charge in [-0.3, -0.25) is 9.59 Å². The average molecular weight is 311 g/mol. The lowest BCUT2D eigenvalue weighted by atomic mass is 10.1. The first kappa shape index (κ1) is 15.0. The van der Waals surface area contributed by atoms with Crippen LogP contribution in [0.2, 0.25) is 0 Å². The minimum atomic E-state index is -0.384. The van der Waals surface area contributed by atoms with Gasteiger partial charge < -0.3 is 9.32 Å². The fourth-order valence-electron chi connectivity index (χ4n) is 2.49. The molecule has 1 saturated heterocycles. The van der Waals surface area contributed by atoms with Crippen LogP contribution in [-0.2, 0) is 16.1 Å². The Kier molecular flexibility index (Phi) is 4.52. The van der Waals surface area contributed by atoms with E-state index < -0.39 is 0 Å². The predicted octanol–water partition coefficient (Wildman–Crippen LogP) is 1.78. The van der Waals surface area contributed by atoms with E-state index in [0.717, 1.165) is 5.56 Å². The molecule has 2 aromatic rings. The molecule has 1 atom stereocenters. The van der Waals surface area contributed by atoms with Crippen LogP contribution in [0.25, 0.3) is 0 Å². The topological polar surface area (TPSA) is 74.9 Å². The van der Waals surface area contributed by atoms with Crippen molar-refractivity contribution in [3.8, 4) is 0 Å². The maximum atomic E-state index is 12.1. The molecule has 1 aliphatic rings. The van der Waals surface area contributed by atoms with E-state index in [1.807, 2.05) is 36.4 Å². The van der Waals surface area contributed by atoms with Crippen molar-refractivity contribution in [1.29, 1.82) is 0 Å². The van der Waals surface area contributed by atoms with Gasteiger partial charge in [0.15, 0.2) is 0 Å². The minimum Gasteiger partial charge on any atom is -0.467 e. The van der Waals surface area contributed by atoms with Crippen molar-refractivity contribution in [1.82, 2.24) is 10.3 Å². The van der Waals surface area contributed by atoms with Gasteiger partial charge in [-0.1, -0.05) is 30.3 Å². The number of hydrazone groups is 1. The van der Waals surface area contributed by atoms with Crippen LogP contribution in [0.1, 0.15) is 17.7 Å². The summed E-state index contributed by atoms with van der Waals surface area (Å²) in [5, 5.41) is 3.94. The molecular weight excluding hydrogens is 294 g/mol. The van der Waals surface area contributed by atoms with Gasteiger partial charge in [-0.25, -0.2) is 5.43 Å². The summed E-state index contributed by atoms with van der Waals surface area (Å²) in [5.74, 6) is 0.0351. The summed E-state index contributed by atoms with van der Waals surface area (Å²) < 4.78 is 5.24. The molecule has 6 heteroatoms. The maximum Gasteiger partial charge on any atom is 0.245 e. The lowest BCUT2D eigenvalue weighted by Crippen LogP contribution is -2.30. The molecule has 2 amide bonds. The second-order valence-corrected chi connectivity index (χ2v) is 5.40. The molecule has 1 fully saturated rings. The van der Waals surface area contributed by atoms with Crippen LogP contribution in [0.5, 0.6) is 0 Å². The summed E-state index contributed by atoms with van der Waals surface area (Å²) in [6.07, 6.45) is 3.35. The zero-order valence-corrected chi connectivity index (χ0v) is 12.5. The molecule has 1 aromatic heterocycles. The number of nitrogens with one attached hydrogen (secondary N) is 1. The van der Waals surface area contributed by atoms with Crippen molar-refractivity contribution in [2.75, 3.05) is 6.54 Å². The number of rotatable bonds is 5. The number of amides is 2. The Balaban J connectivity index is 1.52. The molecule has 1 aliphatic heterocycles. The number of carbonyl (C=O) groups excluding carboxylic acids is 2. The van der Waals surface area contributed by atoms with Crippen molar-refractivity contribution in [2.45, 2.75) is 13.0 Å². The van der Waals surface area contributed by atoms with Crippen LogP contribution in [0.4, 0.5) is 0 Å². The van der Waals surface area contributed by atoms with Gasteiger partial charge >= 0.3 is 0 Å². The third kappa shape index (κ3) is 3.85. The molecule has 2 heterocycles. The molecule has 0 saturated carbocycles. The highest BCUT2D eigenvalue weighted by Crippen LogP contribution is 2.20. The smallest absolute Gasteiger partial charge is 0.245 e. The van der Waals surface area contributed by atoms with E-state index in [1.54, 1.807) is 23.4 Å². The van der Waals surface area contributed by atoms with E-state index in [2.05, 4.69) is 10.5 Å². The molecule has 1 aromatic carbocycles. The van der Waals surface area contributed by atoms with Gasteiger partial charge in [0.1, 0.15) is 5.76 Å². The Hall–Kier alpha value is -2.89. The lowest BCUT2D eigenvalue weighted by Gasteiger charge is -2.14. The first-order chi connectivity index (χ1) is 11.2. The fraction of sp³-hybridized carbons (Fsp3) is 0.235. The van der Waals surface area contributed by atoms with Crippen LogP contribution in [0.3, 0.4) is 0 Å². The monoisotopic (exact) mass is 311 g/mol. The van der Waals surface area contributed by atoms with Gasteiger partial charge in [0, 0.05) is 13.0 Å². The second kappa shape index (κ2) is 6.91. The molecule has 1 N–H and O–H groups in total. The van der Waals surface area contributed by atoms with Crippen molar-refractivity contribution in [3.63, 3.8) is 0 Å². The van der Waals surface area contributed by atoms with Crippen molar-refractivity contribution in [2.24, 2.45) is 11.0 Å². The molecule has 118 valence electrons. The quantitative estimate of drug-likeness (QED) is 0.675. The number of benzene rings is 1. The number of hydrogen-bond acceptors (Lipinski definition) is 4. The van der Waals surface area contributed by atoms with E-state index in [1.165, 1.54) is 0 Å². The summed E-state index contributed by atoms with van der Waals surface area (Å²) in [6.45, 7) is 0.773. The van der Waals surface area contributed by atoms with Gasteiger partial charge in [0.25, 0.3) is 0 Å². The third-order valence-corrected chi connectivity index (χ3v) is 3.70. The molecule has 3 rings (SSSR count). The van der Waals surface area contributed by atoms with Gasteiger partial charge in [0.2, 0.25) is 11.8 Å². The molecule has 23 heavy (non-hydrogen) atoms. The van der Waals surface area contributed by atoms with E-state index >= 15 is 0 Å². The Morgan fingerprint density at radius 3 is 2.87 bits per heavy atom. The van der Waals surface area contributed by atoms with Crippen molar-refractivity contribution >= 4 is 18.0 Å². The van der Waals surface area contributed by atoms with E-state index in [-0.39, 0.29) is 24.2 Å². The SMILES string of the molecule is O=C(N/N=C/c1ccccc1)C1CC(=O)N(Cc2ccco2)C1. The zero-order valence-electron chi connectivity index (χ0n) is 12.5. The highest BCUT2D eigenvalue weighted by Gasteiger charge is 2.34. The number of hydrogen-bond donors (Lipinski definition) is 1. The zero-order chi connectivity index (χ0) is 16.1. The molecule has 0 radical (unpaired) electrons. The van der Waals surface area contributed by atoms with Gasteiger partial charge in [-0.05, 0) is 17.7 Å². The van der Waals surface area contributed by atoms with Crippen LogP contribution in [0, 0.1) is 5.92 Å². The number of carbonyl (C=O) groups is 2. The molecule has 0 aliphatic carbocycles. The van der Waals surface area contributed by atoms with E-state index in [4.69, 9.17) is 4.42 Å². The molecule has 6 nitrogen and oxygen atoms in total. The van der Waals surface area contributed by atoms with Crippen LogP contribution < -0.4 is 5.43 Å². The Bertz CT molecular complexity index is 695.